The average molecular weight is 462 g/mol. The lowest BCUT2D eigenvalue weighted by Gasteiger charge is -2.29. The van der Waals surface area contributed by atoms with Gasteiger partial charge < -0.3 is 20.1 Å². The number of hydrogen-bond acceptors (Lipinski definition) is 9. The van der Waals surface area contributed by atoms with E-state index >= 15 is 0 Å². The molecule has 0 radical (unpaired) electrons. The maximum absolute atomic E-state index is 14.8. The summed E-state index contributed by atoms with van der Waals surface area (Å²) in [5.41, 5.74) is 1.09. The Labute approximate surface area is 185 Å². The number of nitrogens with one attached hydrogen (secondary N) is 1. The third kappa shape index (κ3) is 4.53. The van der Waals surface area contributed by atoms with Crippen molar-refractivity contribution in [2.75, 3.05) is 41.4 Å². The van der Waals surface area contributed by atoms with E-state index in [4.69, 9.17) is 9.84 Å². The molecule has 3 amide bonds. The van der Waals surface area contributed by atoms with Gasteiger partial charge in [-0.05, 0) is 18.2 Å². The number of aliphatic hydroxyl groups excluding tert-OH is 1. The van der Waals surface area contributed by atoms with E-state index in [1.807, 2.05) is 0 Å². The van der Waals surface area contributed by atoms with Gasteiger partial charge in [-0.1, -0.05) is 0 Å². The first-order valence-electron chi connectivity index (χ1n) is 9.62. The molecule has 2 aliphatic rings. The number of hydrazone groups is 1. The summed E-state index contributed by atoms with van der Waals surface area (Å²) in [5.74, 6) is -0.836. The number of nitrogens with zero attached hydrogens (tertiary/aromatic N) is 5. The van der Waals surface area contributed by atoms with Gasteiger partial charge in [-0.3, -0.25) is 14.5 Å². The Morgan fingerprint density at radius 1 is 1.41 bits per heavy atom. The second kappa shape index (κ2) is 9.28. The number of thiazole rings is 1. The molecule has 2 N–H and O–H groups in total. The van der Waals surface area contributed by atoms with Crippen LogP contribution in [0.1, 0.15) is 5.69 Å². The molecule has 32 heavy (non-hydrogen) atoms. The molecule has 2 aliphatic heterocycles. The van der Waals surface area contributed by atoms with Crippen molar-refractivity contribution in [2.45, 2.75) is 12.5 Å². The SMILES string of the molecule is O=CNc1nc(CC(=O)N2CCN(c3ccc(N4C[C@H](CO)OC4=O)cc3F)C=N2)cs1. The van der Waals surface area contributed by atoms with E-state index in [0.29, 0.717) is 29.5 Å². The highest BCUT2D eigenvalue weighted by Gasteiger charge is 2.32. The Kier molecular flexibility index (Phi) is 6.28. The number of carbonyl (C=O) groups excluding carboxylic acids is 3. The van der Waals surface area contributed by atoms with Crippen LogP contribution in [0.15, 0.2) is 28.7 Å². The van der Waals surface area contributed by atoms with Crippen LogP contribution in [-0.4, -0.2) is 72.2 Å². The highest BCUT2D eigenvalue weighted by Crippen LogP contribution is 2.28. The van der Waals surface area contributed by atoms with Crippen molar-refractivity contribution < 1.29 is 28.6 Å². The molecule has 2 aromatic rings. The predicted octanol–water partition coefficient (Wildman–Crippen LogP) is 1.00. The summed E-state index contributed by atoms with van der Waals surface area (Å²) in [6.07, 6.45) is 0.630. The number of aromatic nitrogens is 1. The van der Waals surface area contributed by atoms with Crippen molar-refractivity contribution in [3.63, 3.8) is 0 Å². The number of anilines is 3. The van der Waals surface area contributed by atoms with E-state index in [1.54, 1.807) is 16.3 Å². The van der Waals surface area contributed by atoms with Crippen LogP contribution in [-0.2, 0) is 20.7 Å². The number of benzene rings is 1. The van der Waals surface area contributed by atoms with Crippen molar-refractivity contribution in [1.82, 2.24) is 9.99 Å². The molecule has 168 valence electrons. The minimum absolute atomic E-state index is 0.0260. The normalized spacial score (nSPS) is 18.1. The second-order valence-electron chi connectivity index (χ2n) is 6.96. The third-order valence-electron chi connectivity index (χ3n) is 4.87. The summed E-state index contributed by atoms with van der Waals surface area (Å²) in [4.78, 5) is 41.7. The van der Waals surface area contributed by atoms with Crippen LogP contribution >= 0.6 is 11.3 Å². The predicted molar refractivity (Wildman–Crippen MR) is 114 cm³/mol. The molecule has 0 unspecified atom stereocenters. The van der Waals surface area contributed by atoms with Crippen LogP contribution in [0.25, 0.3) is 0 Å². The average Bonchev–Trinajstić information content (AvgIpc) is 3.40. The number of amides is 3. The van der Waals surface area contributed by atoms with Crippen molar-refractivity contribution in [3.05, 3.63) is 35.1 Å². The lowest BCUT2D eigenvalue weighted by molar-refractivity contribution is -0.130. The quantitative estimate of drug-likeness (QED) is 0.588. The Morgan fingerprint density at radius 3 is 2.91 bits per heavy atom. The molecule has 0 aliphatic carbocycles. The van der Waals surface area contributed by atoms with Gasteiger partial charge in [0.05, 0.1) is 43.2 Å². The summed E-state index contributed by atoms with van der Waals surface area (Å²) in [6.45, 7) is 0.402. The molecule has 1 aromatic carbocycles. The van der Waals surface area contributed by atoms with Crippen molar-refractivity contribution in [2.24, 2.45) is 5.10 Å². The van der Waals surface area contributed by atoms with Crippen LogP contribution in [0.2, 0.25) is 0 Å². The smallest absolute Gasteiger partial charge is 0.414 e. The first kappa shape index (κ1) is 21.6. The van der Waals surface area contributed by atoms with Gasteiger partial charge in [0, 0.05) is 11.9 Å². The molecule has 1 saturated heterocycles. The maximum Gasteiger partial charge on any atom is 0.414 e. The summed E-state index contributed by atoms with van der Waals surface area (Å²) < 4.78 is 19.7. The number of rotatable bonds is 7. The van der Waals surface area contributed by atoms with Gasteiger partial charge >= 0.3 is 6.09 Å². The Bertz CT molecular complexity index is 1060. The first-order chi connectivity index (χ1) is 15.5. The molecule has 0 spiro atoms. The third-order valence-corrected chi connectivity index (χ3v) is 5.69. The van der Waals surface area contributed by atoms with Gasteiger partial charge in [0.25, 0.3) is 0 Å². The fourth-order valence-corrected chi connectivity index (χ4v) is 3.96. The zero-order valence-corrected chi connectivity index (χ0v) is 17.5. The fourth-order valence-electron chi connectivity index (χ4n) is 3.29. The number of halogens is 1. The molecule has 13 heteroatoms. The second-order valence-corrected chi connectivity index (χ2v) is 7.82. The molecule has 1 aromatic heterocycles. The molecule has 0 saturated carbocycles. The van der Waals surface area contributed by atoms with Gasteiger partial charge in [0.15, 0.2) is 5.13 Å². The maximum atomic E-state index is 14.8. The standard InChI is InChI=1S/C19H19FN6O5S/c20-15-6-13(25-7-14(8-27)31-19(25)30)1-2-16(15)24-3-4-26(22-10-24)17(29)5-12-9-32-18(23-12)21-11-28/h1-2,6,9-11,14,27H,3-5,7-8H2,(H,21,23,28)/t14-/m1/s1. The van der Waals surface area contributed by atoms with Crippen LogP contribution in [0.3, 0.4) is 0 Å². The zero-order chi connectivity index (χ0) is 22.7. The monoisotopic (exact) mass is 462 g/mol. The highest BCUT2D eigenvalue weighted by molar-refractivity contribution is 7.13. The molecule has 11 nitrogen and oxygen atoms in total. The van der Waals surface area contributed by atoms with Gasteiger partial charge in [-0.2, -0.15) is 5.10 Å². The van der Waals surface area contributed by atoms with Crippen molar-refractivity contribution in [1.29, 1.82) is 0 Å². The fraction of sp³-hybridized carbons (Fsp3) is 0.316. The lowest BCUT2D eigenvalue weighted by atomic mass is 10.2. The molecule has 4 rings (SSSR count). The van der Waals surface area contributed by atoms with Gasteiger partial charge in [-0.25, -0.2) is 19.2 Å². The van der Waals surface area contributed by atoms with Gasteiger partial charge in [-0.15, -0.1) is 11.3 Å². The Morgan fingerprint density at radius 2 is 2.25 bits per heavy atom. The van der Waals surface area contributed by atoms with Gasteiger partial charge in [0.2, 0.25) is 12.3 Å². The number of aliphatic hydroxyl groups is 1. The number of cyclic esters (lactones) is 1. The minimum Gasteiger partial charge on any atom is -0.441 e. The van der Waals surface area contributed by atoms with Crippen molar-refractivity contribution >= 4 is 52.6 Å². The Balaban J connectivity index is 1.39. The minimum atomic E-state index is -0.640. The Hall–Kier alpha value is -3.58. The number of hydrogen-bond donors (Lipinski definition) is 2. The molecule has 0 bridgehead atoms. The lowest BCUT2D eigenvalue weighted by Crippen LogP contribution is -2.41. The summed E-state index contributed by atoms with van der Waals surface area (Å²) in [5, 5.41) is 19.0. The molecule has 1 fully saturated rings. The van der Waals surface area contributed by atoms with E-state index in [1.165, 1.54) is 39.7 Å². The van der Waals surface area contributed by atoms with Crippen LogP contribution in [0, 0.1) is 5.82 Å². The van der Waals surface area contributed by atoms with Crippen LogP contribution < -0.4 is 15.1 Å². The largest absolute Gasteiger partial charge is 0.441 e. The summed E-state index contributed by atoms with van der Waals surface area (Å²) in [6, 6.07) is 4.32. The van der Waals surface area contributed by atoms with E-state index in [0.717, 1.165) is 0 Å². The van der Waals surface area contributed by atoms with Gasteiger partial charge in [0.1, 0.15) is 18.3 Å². The first-order valence-corrected chi connectivity index (χ1v) is 10.5. The van der Waals surface area contributed by atoms with E-state index in [9.17, 15) is 18.8 Å². The summed E-state index contributed by atoms with van der Waals surface area (Å²) in [7, 11) is 0. The van der Waals surface area contributed by atoms with E-state index in [-0.39, 0.29) is 37.7 Å². The molecule has 3 heterocycles. The van der Waals surface area contributed by atoms with Crippen LogP contribution in [0.5, 0.6) is 0 Å². The topological polar surface area (TPSA) is 128 Å². The number of ether oxygens (including phenoxy) is 1. The van der Waals surface area contributed by atoms with Crippen LogP contribution in [0.4, 0.5) is 25.7 Å². The summed E-state index contributed by atoms with van der Waals surface area (Å²) >= 11 is 1.22. The number of carbonyl (C=O) groups is 3. The van der Waals surface area contributed by atoms with E-state index < -0.39 is 18.0 Å². The molecular weight excluding hydrogens is 443 g/mol. The van der Waals surface area contributed by atoms with E-state index in [2.05, 4.69) is 15.4 Å². The molecular formula is C19H19FN6O5S. The highest BCUT2D eigenvalue weighted by atomic mass is 32.1. The van der Waals surface area contributed by atoms with Crippen molar-refractivity contribution in [3.8, 4) is 0 Å². The molecule has 1 atom stereocenters. The zero-order valence-electron chi connectivity index (χ0n) is 16.7.